The number of azide groups is 1. The van der Waals surface area contributed by atoms with Crippen LogP contribution in [0.4, 0.5) is 11.4 Å². The molecule has 0 spiro atoms. The highest BCUT2D eigenvalue weighted by molar-refractivity contribution is 5.64. The van der Waals surface area contributed by atoms with Gasteiger partial charge >= 0.3 is 0 Å². The van der Waals surface area contributed by atoms with Crippen molar-refractivity contribution in [2.45, 2.75) is 13.3 Å². The minimum Gasteiger partial charge on any atom is -0.397 e. The third-order valence-corrected chi connectivity index (χ3v) is 2.21. The summed E-state index contributed by atoms with van der Waals surface area (Å²) in [6.07, 6.45) is 0.380. The largest absolute Gasteiger partial charge is 0.397 e. The van der Waals surface area contributed by atoms with Crippen molar-refractivity contribution in [2.75, 3.05) is 12.3 Å². The van der Waals surface area contributed by atoms with Gasteiger partial charge in [-0.25, -0.2) is 0 Å². The molecule has 1 aromatic carbocycles. The van der Waals surface area contributed by atoms with Crippen LogP contribution in [0, 0.1) is 28.9 Å². The van der Waals surface area contributed by atoms with E-state index in [1.54, 1.807) is 6.92 Å². The van der Waals surface area contributed by atoms with Gasteiger partial charge in [0.1, 0.15) is 0 Å². The van der Waals surface area contributed by atoms with Crippen molar-refractivity contribution < 1.29 is 4.92 Å². The molecule has 1 rings (SSSR count). The lowest BCUT2D eigenvalue weighted by Gasteiger charge is -2.02. The Bertz CT molecular complexity index is 579. The standard InChI is InChI=1S/C11H11N5O2/c1-8-6-10(16(17)18)7-9(11(8)12)4-2-3-5-14-15-13/h6-7H,3,5,12H2,1H3. The number of rotatable bonds is 3. The summed E-state index contributed by atoms with van der Waals surface area (Å²) in [6, 6.07) is 2.74. The first-order valence-corrected chi connectivity index (χ1v) is 5.10. The highest BCUT2D eigenvalue weighted by Crippen LogP contribution is 2.23. The number of hydrogen-bond acceptors (Lipinski definition) is 4. The van der Waals surface area contributed by atoms with E-state index in [0.29, 0.717) is 23.2 Å². The van der Waals surface area contributed by atoms with Gasteiger partial charge in [0.2, 0.25) is 0 Å². The average Bonchev–Trinajstić information content (AvgIpc) is 2.33. The van der Waals surface area contributed by atoms with Gasteiger partial charge in [-0.2, -0.15) is 0 Å². The van der Waals surface area contributed by atoms with Crippen LogP contribution >= 0.6 is 0 Å². The topological polar surface area (TPSA) is 118 Å². The van der Waals surface area contributed by atoms with Crippen molar-refractivity contribution in [1.82, 2.24) is 0 Å². The van der Waals surface area contributed by atoms with Gasteiger partial charge < -0.3 is 5.73 Å². The molecular formula is C11H11N5O2. The summed E-state index contributed by atoms with van der Waals surface area (Å²) in [5.74, 6) is 5.50. The zero-order valence-electron chi connectivity index (χ0n) is 9.75. The molecular weight excluding hydrogens is 234 g/mol. The molecule has 0 aliphatic carbocycles. The normalized spacial score (nSPS) is 8.94. The molecule has 0 atom stereocenters. The zero-order chi connectivity index (χ0) is 13.5. The smallest absolute Gasteiger partial charge is 0.271 e. The van der Waals surface area contributed by atoms with E-state index in [0.717, 1.165) is 0 Å². The predicted molar refractivity (Wildman–Crippen MR) is 67.8 cm³/mol. The molecule has 0 heterocycles. The lowest BCUT2D eigenvalue weighted by molar-refractivity contribution is -0.384. The van der Waals surface area contributed by atoms with Crippen molar-refractivity contribution in [3.05, 3.63) is 43.8 Å². The molecule has 0 amide bonds. The summed E-state index contributed by atoms with van der Waals surface area (Å²) >= 11 is 0. The average molecular weight is 245 g/mol. The molecule has 0 aliphatic rings. The van der Waals surface area contributed by atoms with Crippen molar-refractivity contribution in [3.63, 3.8) is 0 Å². The number of anilines is 1. The fourth-order valence-corrected chi connectivity index (χ4v) is 1.30. The second-order valence-electron chi connectivity index (χ2n) is 3.49. The molecule has 0 saturated heterocycles. The van der Waals surface area contributed by atoms with Gasteiger partial charge in [0, 0.05) is 30.0 Å². The number of nitrogens with two attached hydrogens (primary N) is 1. The van der Waals surface area contributed by atoms with Crippen LogP contribution in [-0.4, -0.2) is 11.5 Å². The van der Waals surface area contributed by atoms with Crippen LogP contribution in [0.3, 0.4) is 0 Å². The first-order valence-electron chi connectivity index (χ1n) is 5.10. The number of nitro benzene ring substituents is 1. The Balaban J connectivity index is 3.00. The Hall–Kier alpha value is -2.71. The summed E-state index contributed by atoms with van der Waals surface area (Å²) in [7, 11) is 0. The lowest BCUT2D eigenvalue weighted by atomic mass is 10.1. The van der Waals surface area contributed by atoms with Crippen LogP contribution in [0.1, 0.15) is 17.5 Å². The first-order chi connectivity index (χ1) is 8.56. The van der Waals surface area contributed by atoms with Gasteiger partial charge in [-0.3, -0.25) is 10.1 Å². The summed E-state index contributed by atoms with van der Waals surface area (Å²) in [5, 5.41) is 14.0. The van der Waals surface area contributed by atoms with Crippen molar-refractivity contribution in [1.29, 1.82) is 0 Å². The van der Waals surface area contributed by atoms with E-state index in [9.17, 15) is 10.1 Å². The maximum absolute atomic E-state index is 10.7. The zero-order valence-corrected chi connectivity index (χ0v) is 9.75. The molecule has 0 unspecified atom stereocenters. The minimum absolute atomic E-state index is 0.0407. The molecule has 7 nitrogen and oxygen atoms in total. The molecule has 92 valence electrons. The van der Waals surface area contributed by atoms with Crippen molar-refractivity contribution >= 4 is 11.4 Å². The SMILES string of the molecule is Cc1cc([N+](=O)[O-])cc(C#CCCN=[N+]=[N-])c1N. The second-order valence-corrected chi connectivity index (χ2v) is 3.49. The quantitative estimate of drug-likeness (QED) is 0.129. The van der Waals surface area contributed by atoms with Gasteiger partial charge in [0.25, 0.3) is 5.69 Å². The van der Waals surface area contributed by atoms with Crippen LogP contribution in [-0.2, 0) is 0 Å². The van der Waals surface area contributed by atoms with E-state index < -0.39 is 4.92 Å². The van der Waals surface area contributed by atoms with Crippen LogP contribution < -0.4 is 5.73 Å². The predicted octanol–water partition coefficient (Wildman–Crippen LogP) is 2.54. The van der Waals surface area contributed by atoms with E-state index >= 15 is 0 Å². The van der Waals surface area contributed by atoms with E-state index in [1.807, 2.05) is 0 Å². The molecule has 0 bridgehead atoms. The van der Waals surface area contributed by atoms with E-state index in [4.69, 9.17) is 11.3 Å². The van der Waals surface area contributed by atoms with E-state index in [1.165, 1.54) is 12.1 Å². The molecule has 2 N–H and O–H groups in total. The first kappa shape index (κ1) is 13.4. The highest BCUT2D eigenvalue weighted by atomic mass is 16.6. The maximum Gasteiger partial charge on any atom is 0.271 e. The molecule has 18 heavy (non-hydrogen) atoms. The van der Waals surface area contributed by atoms with Gasteiger partial charge in [0.15, 0.2) is 0 Å². The number of non-ortho nitro benzene ring substituents is 1. The lowest BCUT2D eigenvalue weighted by Crippen LogP contribution is -1.97. The number of nitro groups is 1. The summed E-state index contributed by atoms with van der Waals surface area (Å²) in [5.41, 5.74) is 15.3. The van der Waals surface area contributed by atoms with Gasteiger partial charge in [-0.15, -0.1) is 0 Å². The van der Waals surface area contributed by atoms with Gasteiger partial charge in [0.05, 0.1) is 16.2 Å². The van der Waals surface area contributed by atoms with Crippen molar-refractivity contribution in [2.24, 2.45) is 5.11 Å². The minimum atomic E-state index is -0.488. The Labute approximate surface area is 103 Å². The molecule has 0 radical (unpaired) electrons. The Morgan fingerprint density at radius 3 is 2.94 bits per heavy atom. The molecule has 0 saturated carbocycles. The molecule has 1 aromatic rings. The van der Waals surface area contributed by atoms with Crippen LogP contribution in [0.2, 0.25) is 0 Å². The number of nitrogen functional groups attached to an aromatic ring is 1. The van der Waals surface area contributed by atoms with Crippen molar-refractivity contribution in [3.8, 4) is 11.8 Å². The Kier molecular flexibility index (Phi) is 4.55. The number of hydrogen-bond donors (Lipinski definition) is 1. The second kappa shape index (κ2) is 6.13. The number of aryl methyl sites for hydroxylation is 1. The van der Waals surface area contributed by atoms with Crippen LogP contribution in [0.15, 0.2) is 17.2 Å². The van der Waals surface area contributed by atoms with E-state index in [2.05, 4.69) is 21.9 Å². The molecule has 7 heteroatoms. The molecule has 0 fully saturated rings. The summed E-state index contributed by atoms with van der Waals surface area (Å²) < 4.78 is 0. The van der Waals surface area contributed by atoms with Crippen LogP contribution in [0.25, 0.3) is 10.4 Å². The highest BCUT2D eigenvalue weighted by Gasteiger charge is 2.10. The summed E-state index contributed by atoms with van der Waals surface area (Å²) in [6.45, 7) is 1.95. The Morgan fingerprint density at radius 1 is 1.61 bits per heavy atom. The van der Waals surface area contributed by atoms with E-state index in [-0.39, 0.29) is 12.2 Å². The van der Waals surface area contributed by atoms with Crippen LogP contribution in [0.5, 0.6) is 0 Å². The molecule has 0 aliphatic heterocycles. The number of benzene rings is 1. The molecule has 0 aromatic heterocycles. The van der Waals surface area contributed by atoms with Gasteiger partial charge in [-0.1, -0.05) is 17.0 Å². The Morgan fingerprint density at radius 2 is 2.33 bits per heavy atom. The fourth-order valence-electron chi connectivity index (χ4n) is 1.30. The maximum atomic E-state index is 10.7. The third kappa shape index (κ3) is 3.40. The monoisotopic (exact) mass is 245 g/mol. The summed E-state index contributed by atoms with van der Waals surface area (Å²) in [4.78, 5) is 12.8. The fraction of sp³-hybridized carbons (Fsp3) is 0.273. The number of nitrogens with zero attached hydrogens (tertiary/aromatic N) is 4. The van der Waals surface area contributed by atoms with Gasteiger partial charge in [-0.05, 0) is 18.0 Å². The third-order valence-electron chi connectivity index (χ3n) is 2.21.